The first kappa shape index (κ1) is 8.40. The predicted molar refractivity (Wildman–Crippen MR) is 32.8 cm³/mol. The highest BCUT2D eigenvalue weighted by atomic mass is 19.3. The van der Waals surface area contributed by atoms with E-state index in [2.05, 4.69) is 9.47 Å². The van der Waals surface area contributed by atoms with Crippen molar-refractivity contribution in [2.75, 3.05) is 0 Å². The van der Waals surface area contributed by atoms with Crippen molar-refractivity contribution in [2.45, 2.75) is 18.9 Å². The molecule has 0 aromatic rings. The van der Waals surface area contributed by atoms with Gasteiger partial charge in [-0.25, -0.2) is 8.78 Å². The Morgan fingerprint density at radius 1 is 1.38 bits per heavy atom. The SMILES string of the molecule is FC1=C2OC(F)(F)OC2=CC(F)C1. The van der Waals surface area contributed by atoms with Gasteiger partial charge >= 0.3 is 6.29 Å². The van der Waals surface area contributed by atoms with E-state index in [0.717, 1.165) is 6.08 Å². The van der Waals surface area contributed by atoms with Crippen LogP contribution in [-0.2, 0) is 9.47 Å². The Balaban J connectivity index is 2.37. The summed E-state index contributed by atoms with van der Waals surface area (Å²) >= 11 is 0. The lowest BCUT2D eigenvalue weighted by molar-refractivity contribution is -0.327. The molecule has 6 heteroatoms. The molecule has 0 spiro atoms. The second-order valence-electron chi connectivity index (χ2n) is 2.65. The first-order valence-electron chi connectivity index (χ1n) is 3.49. The molecule has 13 heavy (non-hydrogen) atoms. The average molecular weight is 196 g/mol. The number of hydrogen-bond donors (Lipinski definition) is 0. The molecule has 1 aliphatic carbocycles. The van der Waals surface area contributed by atoms with Gasteiger partial charge in [-0.05, 0) is 6.08 Å². The highest BCUT2D eigenvalue weighted by Gasteiger charge is 2.48. The second-order valence-corrected chi connectivity index (χ2v) is 2.65. The van der Waals surface area contributed by atoms with E-state index in [1.165, 1.54) is 0 Å². The Hall–Kier alpha value is -1.20. The number of halogens is 4. The summed E-state index contributed by atoms with van der Waals surface area (Å²) in [6.45, 7) is 0. The third-order valence-corrected chi connectivity index (χ3v) is 1.63. The van der Waals surface area contributed by atoms with Crippen LogP contribution in [0.15, 0.2) is 23.4 Å². The fraction of sp³-hybridized carbons (Fsp3) is 0.429. The van der Waals surface area contributed by atoms with Gasteiger partial charge in [0.1, 0.15) is 12.0 Å². The zero-order valence-corrected chi connectivity index (χ0v) is 6.19. The van der Waals surface area contributed by atoms with Crippen LogP contribution in [0.1, 0.15) is 6.42 Å². The average Bonchev–Trinajstić information content (AvgIpc) is 2.23. The van der Waals surface area contributed by atoms with E-state index in [9.17, 15) is 17.6 Å². The highest BCUT2D eigenvalue weighted by molar-refractivity contribution is 5.31. The maximum atomic E-state index is 12.8. The van der Waals surface area contributed by atoms with E-state index in [0.29, 0.717) is 0 Å². The van der Waals surface area contributed by atoms with Crippen molar-refractivity contribution in [3.63, 3.8) is 0 Å². The van der Waals surface area contributed by atoms with Crippen LogP contribution in [-0.4, -0.2) is 12.5 Å². The summed E-state index contributed by atoms with van der Waals surface area (Å²) in [5.41, 5.74) is 0. The molecule has 0 saturated carbocycles. The van der Waals surface area contributed by atoms with Gasteiger partial charge in [0, 0.05) is 6.42 Å². The molecule has 1 atom stereocenters. The van der Waals surface area contributed by atoms with Crippen molar-refractivity contribution in [1.82, 2.24) is 0 Å². The normalized spacial score (nSPS) is 30.5. The molecular formula is C7H4F4O2. The maximum absolute atomic E-state index is 12.8. The van der Waals surface area contributed by atoms with Crippen molar-refractivity contribution in [2.24, 2.45) is 0 Å². The third-order valence-electron chi connectivity index (χ3n) is 1.63. The number of rotatable bonds is 0. The van der Waals surface area contributed by atoms with Crippen molar-refractivity contribution in [3.8, 4) is 0 Å². The Bertz CT molecular complexity index is 308. The molecule has 1 aliphatic heterocycles. The van der Waals surface area contributed by atoms with Gasteiger partial charge < -0.3 is 9.47 Å². The summed E-state index contributed by atoms with van der Waals surface area (Å²) in [6.07, 6.45) is -5.35. The summed E-state index contributed by atoms with van der Waals surface area (Å²) in [5, 5.41) is 0. The Labute approximate surface area is 70.4 Å². The number of allylic oxidation sites excluding steroid dienone is 2. The minimum Gasteiger partial charge on any atom is -0.395 e. The van der Waals surface area contributed by atoms with Gasteiger partial charge in [-0.3, -0.25) is 0 Å². The van der Waals surface area contributed by atoms with Crippen LogP contribution in [0.4, 0.5) is 17.6 Å². The van der Waals surface area contributed by atoms with Crippen LogP contribution in [0.3, 0.4) is 0 Å². The van der Waals surface area contributed by atoms with Gasteiger partial charge in [0.05, 0.1) is 0 Å². The second kappa shape index (κ2) is 2.40. The molecule has 2 nitrogen and oxygen atoms in total. The van der Waals surface area contributed by atoms with E-state index in [1.54, 1.807) is 0 Å². The van der Waals surface area contributed by atoms with Gasteiger partial charge in [-0.15, -0.1) is 8.78 Å². The third kappa shape index (κ3) is 1.36. The minimum absolute atomic E-state index is 0.568. The van der Waals surface area contributed by atoms with Gasteiger partial charge in [-0.1, -0.05) is 0 Å². The predicted octanol–water partition coefficient (Wildman–Crippen LogP) is 2.39. The van der Waals surface area contributed by atoms with Gasteiger partial charge in [0.25, 0.3) is 0 Å². The molecule has 1 fully saturated rings. The molecule has 0 N–H and O–H groups in total. The van der Waals surface area contributed by atoms with E-state index in [4.69, 9.17) is 0 Å². The van der Waals surface area contributed by atoms with Crippen molar-refractivity contribution in [1.29, 1.82) is 0 Å². The summed E-state index contributed by atoms with van der Waals surface area (Å²) in [7, 11) is 0. The molecule has 1 saturated heterocycles. The lowest BCUT2D eigenvalue weighted by atomic mass is 10.1. The van der Waals surface area contributed by atoms with Crippen molar-refractivity contribution < 1.29 is 27.0 Å². The maximum Gasteiger partial charge on any atom is 0.586 e. The van der Waals surface area contributed by atoms with Crippen LogP contribution < -0.4 is 0 Å². The minimum atomic E-state index is -3.89. The summed E-state index contributed by atoms with van der Waals surface area (Å²) in [5.74, 6) is -2.32. The molecule has 0 radical (unpaired) electrons. The number of ether oxygens (including phenoxy) is 2. The summed E-state index contributed by atoms with van der Waals surface area (Å²) in [6, 6.07) is 0. The molecule has 72 valence electrons. The van der Waals surface area contributed by atoms with E-state index in [1.807, 2.05) is 0 Å². The summed E-state index contributed by atoms with van der Waals surface area (Å²) < 4.78 is 57.8. The van der Waals surface area contributed by atoms with Crippen LogP contribution in [0, 0.1) is 0 Å². The number of alkyl halides is 3. The number of fused-ring (bicyclic) bond motifs is 1. The van der Waals surface area contributed by atoms with Gasteiger partial charge in [-0.2, -0.15) is 0 Å². The largest absolute Gasteiger partial charge is 0.586 e. The quantitative estimate of drug-likeness (QED) is 0.554. The fourth-order valence-corrected chi connectivity index (χ4v) is 1.15. The van der Waals surface area contributed by atoms with Gasteiger partial charge in [0.2, 0.25) is 5.76 Å². The van der Waals surface area contributed by atoms with E-state index in [-0.39, 0.29) is 0 Å². The smallest absolute Gasteiger partial charge is 0.395 e. The Morgan fingerprint density at radius 3 is 2.77 bits per heavy atom. The van der Waals surface area contributed by atoms with Crippen LogP contribution in [0.2, 0.25) is 0 Å². The molecule has 0 amide bonds. The molecule has 0 bridgehead atoms. The molecular weight excluding hydrogens is 192 g/mol. The zero-order chi connectivity index (χ0) is 9.64. The lowest BCUT2D eigenvalue weighted by Gasteiger charge is -2.08. The molecule has 0 aromatic heterocycles. The summed E-state index contributed by atoms with van der Waals surface area (Å²) in [4.78, 5) is 0. The first-order chi connectivity index (χ1) is 5.98. The van der Waals surface area contributed by atoms with Crippen LogP contribution in [0.5, 0.6) is 0 Å². The van der Waals surface area contributed by atoms with E-state index < -0.39 is 36.2 Å². The molecule has 1 heterocycles. The number of hydrogen-bond acceptors (Lipinski definition) is 2. The Morgan fingerprint density at radius 2 is 2.08 bits per heavy atom. The molecule has 2 rings (SSSR count). The topological polar surface area (TPSA) is 18.5 Å². The lowest BCUT2D eigenvalue weighted by Crippen LogP contribution is -2.14. The van der Waals surface area contributed by atoms with Crippen molar-refractivity contribution >= 4 is 0 Å². The zero-order valence-electron chi connectivity index (χ0n) is 6.19. The highest BCUT2D eigenvalue weighted by Crippen LogP contribution is 2.42. The van der Waals surface area contributed by atoms with Crippen molar-refractivity contribution in [3.05, 3.63) is 23.4 Å². The standard InChI is InChI=1S/C7H4F4O2/c8-3-1-4(9)6-5(2-3)12-7(10,11)13-6/h2-3H,1H2. The van der Waals surface area contributed by atoms with E-state index >= 15 is 0 Å². The Kier molecular flexibility index (Phi) is 1.55. The van der Waals surface area contributed by atoms with Crippen LogP contribution >= 0.6 is 0 Å². The van der Waals surface area contributed by atoms with Gasteiger partial charge in [0.15, 0.2) is 5.76 Å². The monoisotopic (exact) mass is 196 g/mol. The fourth-order valence-electron chi connectivity index (χ4n) is 1.15. The molecule has 0 aromatic carbocycles. The van der Waals surface area contributed by atoms with Crippen LogP contribution in [0.25, 0.3) is 0 Å². The molecule has 2 aliphatic rings. The first-order valence-corrected chi connectivity index (χ1v) is 3.49. The molecule has 1 unspecified atom stereocenters.